The number of carbonyl (C=O) groups excluding carboxylic acids is 5. The first kappa shape index (κ1) is 37.4. The van der Waals surface area contributed by atoms with E-state index >= 15 is 0 Å². The molecule has 5 N–H and O–H groups in total. The van der Waals surface area contributed by atoms with Gasteiger partial charge < -0.3 is 26.6 Å². The van der Waals surface area contributed by atoms with Gasteiger partial charge in [-0.15, -0.1) is 0 Å². The second-order valence-electron chi connectivity index (χ2n) is 17.1. The summed E-state index contributed by atoms with van der Waals surface area (Å²) in [5.74, 6) is -2.04. The lowest BCUT2D eigenvalue weighted by Gasteiger charge is -2.39. The molecular weight excluding hydrogens is 606 g/mol. The summed E-state index contributed by atoms with van der Waals surface area (Å²) in [5, 5.41) is 9.06. The van der Waals surface area contributed by atoms with E-state index in [9.17, 15) is 24.0 Å². The van der Waals surface area contributed by atoms with Gasteiger partial charge in [-0.3, -0.25) is 19.2 Å². The third-order valence-electron chi connectivity index (χ3n) is 11.1. The largest absolute Gasteiger partial charge is 0.363 e. The van der Waals surface area contributed by atoms with Gasteiger partial charge in [0.2, 0.25) is 17.6 Å². The lowest BCUT2D eigenvalue weighted by atomic mass is 9.80. The van der Waals surface area contributed by atoms with Crippen LogP contribution >= 0.6 is 0 Å². The number of nitrogens with two attached hydrogens (primary N) is 1. The standard InChI is InChI=1S/C38H59N5O5/c1-23(2)21-38(8,19-13-18-24-14-10-9-11-15-24)42-35(48)41-31(36(3,4)5)34(47)43-22-26-28(37(26,6)7)29(43)33(46)40-27(30(44)32(39)45)20-25-16-12-17-25/h9-11,14-15,23,25-29,31H,12-13,16-22H2,1-8H3,(H2,39,45)(H,40,46)(H2,41,42,48)/t26?,27?,28-,29-,31+,38?/m0/s1. The summed E-state index contributed by atoms with van der Waals surface area (Å²) < 4.78 is 0. The predicted molar refractivity (Wildman–Crippen MR) is 187 cm³/mol. The van der Waals surface area contributed by atoms with Crippen molar-refractivity contribution in [3.05, 3.63) is 35.9 Å². The summed E-state index contributed by atoms with van der Waals surface area (Å²) in [7, 11) is 0. The highest BCUT2D eigenvalue weighted by molar-refractivity contribution is 6.37. The van der Waals surface area contributed by atoms with E-state index in [4.69, 9.17) is 5.73 Å². The van der Waals surface area contributed by atoms with Crippen LogP contribution in [0.1, 0.15) is 106 Å². The van der Waals surface area contributed by atoms with Gasteiger partial charge in [-0.1, -0.05) is 98.1 Å². The minimum absolute atomic E-state index is 0.0946. The zero-order chi connectivity index (χ0) is 35.6. The monoisotopic (exact) mass is 665 g/mol. The van der Waals surface area contributed by atoms with Crippen molar-refractivity contribution in [3.8, 4) is 0 Å². The van der Waals surface area contributed by atoms with Gasteiger partial charge in [-0.2, -0.15) is 0 Å². The van der Waals surface area contributed by atoms with Gasteiger partial charge in [0.05, 0.1) is 6.04 Å². The molecule has 1 saturated heterocycles. The van der Waals surface area contributed by atoms with E-state index in [2.05, 4.69) is 62.7 Å². The number of rotatable bonds is 15. The van der Waals surface area contributed by atoms with Crippen molar-refractivity contribution in [2.45, 2.75) is 130 Å². The van der Waals surface area contributed by atoms with Crippen molar-refractivity contribution in [1.82, 2.24) is 20.9 Å². The van der Waals surface area contributed by atoms with Crippen molar-refractivity contribution >= 4 is 29.5 Å². The summed E-state index contributed by atoms with van der Waals surface area (Å²) in [5.41, 5.74) is 5.32. The van der Waals surface area contributed by atoms with Crippen molar-refractivity contribution in [2.24, 2.45) is 40.2 Å². The highest BCUT2D eigenvalue weighted by Gasteiger charge is 2.70. The molecule has 1 aromatic carbocycles. The van der Waals surface area contributed by atoms with Crippen LogP contribution < -0.4 is 21.7 Å². The highest BCUT2D eigenvalue weighted by atomic mass is 16.2. The van der Waals surface area contributed by atoms with E-state index < -0.39 is 52.7 Å². The minimum Gasteiger partial charge on any atom is -0.363 e. The molecule has 5 amide bonds. The highest BCUT2D eigenvalue weighted by Crippen LogP contribution is 2.65. The number of piperidine rings is 1. The van der Waals surface area contributed by atoms with Crippen LogP contribution in [0.3, 0.4) is 0 Å². The van der Waals surface area contributed by atoms with Crippen molar-refractivity contribution in [1.29, 1.82) is 0 Å². The Morgan fingerprint density at radius 2 is 1.65 bits per heavy atom. The molecule has 0 aromatic heterocycles. The number of amides is 5. The van der Waals surface area contributed by atoms with E-state index in [-0.39, 0.29) is 29.1 Å². The Morgan fingerprint density at radius 3 is 2.19 bits per heavy atom. The van der Waals surface area contributed by atoms with E-state index in [0.29, 0.717) is 18.9 Å². The minimum atomic E-state index is -1.07. The SMILES string of the molecule is CC(C)CC(C)(CCCc1ccccc1)NC(=O)N[C@H](C(=O)N1CC2[C@@H]([C@H]1C(=O)NC(CC1CCC1)C(=O)C(N)=O)C2(C)C)C(C)(C)C. The van der Waals surface area contributed by atoms with Gasteiger partial charge in [0.25, 0.3) is 5.91 Å². The van der Waals surface area contributed by atoms with Gasteiger partial charge in [0, 0.05) is 12.1 Å². The predicted octanol–water partition coefficient (Wildman–Crippen LogP) is 4.74. The van der Waals surface area contributed by atoms with Crippen LogP contribution in [0.15, 0.2) is 30.3 Å². The maximum atomic E-state index is 14.4. The van der Waals surface area contributed by atoms with E-state index in [1.165, 1.54) is 5.56 Å². The molecule has 266 valence electrons. The fourth-order valence-electron chi connectivity index (χ4n) is 8.24. The normalized spacial score (nSPS) is 24.0. The molecule has 2 saturated carbocycles. The number of carbonyl (C=O) groups is 5. The fourth-order valence-corrected chi connectivity index (χ4v) is 8.24. The second-order valence-corrected chi connectivity index (χ2v) is 17.1. The molecule has 0 radical (unpaired) electrons. The molecule has 0 bridgehead atoms. The number of nitrogens with one attached hydrogen (secondary N) is 3. The topological polar surface area (TPSA) is 151 Å². The number of ketones is 1. The second kappa shape index (κ2) is 14.6. The number of aryl methyl sites for hydroxylation is 1. The third-order valence-corrected chi connectivity index (χ3v) is 11.1. The number of likely N-dealkylation sites (tertiary alicyclic amines) is 1. The Bertz CT molecular complexity index is 1350. The first-order chi connectivity index (χ1) is 22.3. The molecule has 3 unspecified atom stereocenters. The zero-order valence-electron chi connectivity index (χ0n) is 30.4. The molecule has 48 heavy (non-hydrogen) atoms. The molecule has 1 aliphatic heterocycles. The summed E-state index contributed by atoms with van der Waals surface area (Å²) in [4.78, 5) is 68.3. The third kappa shape index (κ3) is 8.77. The molecular formula is C38H59N5O5. The van der Waals surface area contributed by atoms with Crippen LogP contribution in [0, 0.1) is 34.5 Å². The summed E-state index contributed by atoms with van der Waals surface area (Å²) >= 11 is 0. The van der Waals surface area contributed by atoms with Crippen LogP contribution in [-0.4, -0.2) is 64.6 Å². The fraction of sp³-hybridized carbons (Fsp3) is 0.711. The molecule has 1 heterocycles. The van der Waals surface area contributed by atoms with Gasteiger partial charge in [0.15, 0.2) is 0 Å². The lowest BCUT2D eigenvalue weighted by molar-refractivity contribution is -0.145. The maximum Gasteiger partial charge on any atom is 0.315 e. The maximum absolute atomic E-state index is 14.4. The van der Waals surface area contributed by atoms with Crippen LogP contribution in [0.25, 0.3) is 0 Å². The Kier molecular flexibility index (Phi) is 11.4. The summed E-state index contributed by atoms with van der Waals surface area (Å²) in [6, 6.07) is 7.15. The van der Waals surface area contributed by atoms with Gasteiger partial charge in [-0.05, 0) is 79.1 Å². The van der Waals surface area contributed by atoms with Gasteiger partial charge in [0.1, 0.15) is 12.1 Å². The molecule has 4 rings (SSSR count). The van der Waals surface area contributed by atoms with Gasteiger partial charge >= 0.3 is 6.03 Å². The van der Waals surface area contributed by atoms with Gasteiger partial charge in [-0.25, -0.2) is 4.79 Å². The molecule has 3 fully saturated rings. The molecule has 1 aromatic rings. The quantitative estimate of drug-likeness (QED) is 0.200. The molecule has 2 aliphatic carbocycles. The summed E-state index contributed by atoms with van der Waals surface area (Å²) in [6.07, 6.45) is 6.66. The van der Waals surface area contributed by atoms with E-state index in [1.807, 2.05) is 39.0 Å². The van der Waals surface area contributed by atoms with Crippen LogP contribution in [-0.2, 0) is 25.6 Å². The Morgan fingerprint density at radius 1 is 1.00 bits per heavy atom. The van der Waals surface area contributed by atoms with Crippen LogP contribution in [0.2, 0.25) is 0 Å². The zero-order valence-corrected chi connectivity index (χ0v) is 30.4. The number of hydrogen-bond donors (Lipinski definition) is 4. The molecule has 10 heteroatoms. The lowest BCUT2D eigenvalue weighted by Crippen LogP contribution is -2.62. The van der Waals surface area contributed by atoms with Crippen LogP contribution in [0.4, 0.5) is 4.79 Å². The smallest absolute Gasteiger partial charge is 0.315 e. The number of primary amides is 1. The molecule has 3 aliphatic rings. The van der Waals surface area contributed by atoms with E-state index in [0.717, 1.165) is 44.9 Å². The van der Waals surface area contributed by atoms with Crippen LogP contribution in [0.5, 0.6) is 0 Å². The number of fused-ring (bicyclic) bond motifs is 1. The molecule has 10 nitrogen and oxygen atoms in total. The molecule has 6 atom stereocenters. The number of urea groups is 1. The number of hydrogen-bond acceptors (Lipinski definition) is 5. The first-order valence-electron chi connectivity index (χ1n) is 17.9. The average Bonchev–Trinajstić information content (AvgIpc) is 3.27. The number of benzene rings is 1. The first-order valence-corrected chi connectivity index (χ1v) is 17.9. The van der Waals surface area contributed by atoms with Crippen molar-refractivity contribution in [3.63, 3.8) is 0 Å². The Hall–Kier alpha value is -3.43. The van der Waals surface area contributed by atoms with Crippen molar-refractivity contribution in [2.75, 3.05) is 6.54 Å². The average molecular weight is 666 g/mol. The van der Waals surface area contributed by atoms with Crippen molar-refractivity contribution < 1.29 is 24.0 Å². The molecule has 0 spiro atoms. The number of nitrogens with zero attached hydrogens (tertiary/aromatic N) is 1. The Balaban J connectivity index is 1.49. The summed E-state index contributed by atoms with van der Waals surface area (Å²) in [6.45, 7) is 16.6. The Labute approximate surface area is 287 Å². The number of Topliss-reactive ketones (excluding diaryl/α,β-unsaturated/α-hetero) is 1. The van der Waals surface area contributed by atoms with E-state index in [1.54, 1.807) is 4.90 Å².